The van der Waals surface area contributed by atoms with Crippen LogP contribution in [-0.2, 0) is 15.6 Å². The lowest BCUT2D eigenvalue weighted by Crippen LogP contribution is -2.24. The zero-order valence-electron chi connectivity index (χ0n) is 18.4. The summed E-state index contributed by atoms with van der Waals surface area (Å²) in [5.74, 6) is -0.293. The fourth-order valence-corrected chi connectivity index (χ4v) is 4.92. The smallest absolute Gasteiger partial charge is 0.263 e. The standard InChI is InChI=1S/C22H19FN6O3S2/c1-22(2,3)29-17(9-10-26-29)20-16(23)5-4-6-19(20)32-18-8-7-15(11-14(18)12-24)34(30,31)28-21-25-13-27-33-21/h4-11,13H,1-3H3,(H,25,27,28). The van der Waals surface area contributed by atoms with Gasteiger partial charge < -0.3 is 4.74 Å². The van der Waals surface area contributed by atoms with Crippen LogP contribution in [0.25, 0.3) is 11.3 Å². The van der Waals surface area contributed by atoms with E-state index in [2.05, 4.69) is 19.2 Å². The number of benzene rings is 2. The molecule has 4 aromatic rings. The minimum absolute atomic E-state index is 0.0420. The molecule has 0 saturated carbocycles. The Kier molecular flexibility index (Phi) is 6.07. The van der Waals surface area contributed by atoms with Gasteiger partial charge in [0.25, 0.3) is 10.0 Å². The average Bonchev–Trinajstić information content (AvgIpc) is 3.45. The summed E-state index contributed by atoms with van der Waals surface area (Å²) in [5, 5.41) is 14.1. The maximum Gasteiger partial charge on any atom is 0.263 e. The fraction of sp³-hybridized carbons (Fsp3) is 0.182. The Balaban J connectivity index is 1.73. The van der Waals surface area contributed by atoms with Crippen molar-refractivity contribution in [1.29, 1.82) is 5.26 Å². The van der Waals surface area contributed by atoms with Gasteiger partial charge in [0, 0.05) is 17.7 Å². The van der Waals surface area contributed by atoms with Crippen LogP contribution in [0.2, 0.25) is 0 Å². The van der Waals surface area contributed by atoms with E-state index in [4.69, 9.17) is 4.74 Å². The highest BCUT2D eigenvalue weighted by Crippen LogP contribution is 2.38. The molecule has 2 heterocycles. The van der Waals surface area contributed by atoms with E-state index < -0.39 is 21.4 Å². The molecule has 0 amide bonds. The first kappa shape index (κ1) is 23.3. The second-order valence-electron chi connectivity index (χ2n) is 8.14. The third kappa shape index (κ3) is 4.61. The number of rotatable bonds is 6. The van der Waals surface area contributed by atoms with Crippen molar-refractivity contribution in [3.63, 3.8) is 0 Å². The van der Waals surface area contributed by atoms with Crippen LogP contribution >= 0.6 is 11.5 Å². The summed E-state index contributed by atoms with van der Waals surface area (Å²) in [6.07, 6.45) is 2.80. The Labute approximate surface area is 199 Å². The molecule has 34 heavy (non-hydrogen) atoms. The van der Waals surface area contributed by atoms with Gasteiger partial charge in [-0.2, -0.15) is 14.7 Å². The maximum atomic E-state index is 15.0. The van der Waals surface area contributed by atoms with E-state index in [1.54, 1.807) is 23.0 Å². The van der Waals surface area contributed by atoms with Gasteiger partial charge in [0.1, 0.15) is 29.7 Å². The Bertz CT molecular complexity index is 1490. The third-order valence-corrected chi connectivity index (χ3v) is 6.74. The van der Waals surface area contributed by atoms with Crippen LogP contribution in [0.1, 0.15) is 26.3 Å². The molecule has 4 rings (SSSR count). The molecule has 0 aliphatic heterocycles. The lowest BCUT2D eigenvalue weighted by molar-refractivity contribution is 0.359. The van der Waals surface area contributed by atoms with Crippen LogP contribution in [0.5, 0.6) is 11.5 Å². The highest BCUT2D eigenvalue weighted by Gasteiger charge is 2.24. The number of hydrogen-bond donors (Lipinski definition) is 1. The second-order valence-corrected chi connectivity index (χ2v) is 10.6. The molecular formula is C22H19FN6O3S2. The van der Waals surface area contributed by atoms with Crippen molar-refractivity contribution in [1.82, 2.24) is 19.1 Å². The van der Waals surface area contributed by atoms with Crippen LogP contribution in [0.3, 0.4) is 0 Å². The molecule has 0 aliphatic carbocycles. The molecule has 2 aromatic carbocycles. The molecule has 0 bridgehead atoms. The van der Waals surface area contributed by atoms with Crippen molar-refractivity contribution in [3.05, 3.63) is 66.4 Å². The number of ether oxygens (including phenoxy) is 1. The van der Waals surface area contributed by atoms with Crippen LogP contribution in [-0.4, -0.2) is 27.6 Å². The number of nitriles is 1. The SMILES string of the molecule is CC(C)(C)n1nccc1-c1c(F)cccc1Oc1ccc(S(=O)(=O)Nc2ncns2)cc1C#N. The minimum atomic E-state index is -4.00. The lowest BCUT2D eigenvalue weighted by Gasteiger charge is -2.23. The summed E-state index contributed by atoms with van der Waals surface area (Å²) in [6, 6.07) is 11.8. The summed E-state index contributed by atoms with van der Waals surface area (Å²) < 4.78 is 53.9. The summed E-state index contributed by atoms with van der Waals surface area (Å²) in [7, 11) is -4.00. The van der Waals surface area contributed by atoms with Crippen molar-refractivity contribution >= 4 is 26.7 Å². The van der Waals surface area contributed by atoms with E-state index in [0.29, 0.717) is 5.69 Å². The van der Waals surface area contributed by atoms with Gasteiger partial charge in [-0.1, -0.05) is 6.07 Å². The van der Waals surface area contributed by atoms with E-state index in [0.717, 1.165) is 11.5 Å². The van der Waals surface area contributed by atoms with Crippen LogP contribution in [0.4, 0.5) is 9.52 Å². The van der Waals surface area contributed by atoms with Gasteiger partial charge in [0.15, 0.2) is 0 Å². The summed E-state index contributed by atoms with van der Waals surface area (Å²) in [4.78, 5) is 3.64. The van der Waals surface area contributed by atoms with Crippen molar-refractivity contribution in [2.75, 3.05) is 4.72 Å². The van der Waals surface area contributed by atoms with Gasteiger partial charge in [-0.05, 0) is 57.2 Å². The van der Waals surface area contributed by atoms with E-state index >= 15 is 0 Å². The second kappa shape index (κ2) is 8.85. The summed E-state index contributed by atoms with van der Waals surface area (Å²) in [5.41, 5.74) is 0.208. The molecule has 174 valence electrons. The molecule has 12 heteroatoms. The highest BCUT2D eigenvalue weighted by atomic mass is 32.2. The molecule has 0 fully saturated rings. The molecule has 9 nitrogen and oxygen atoms in total. The average molecular weight is 499 g/mol. The first-order valence-electron chi connectivity index (χ1n) is 9.95. The van der Waals surface area contributed by atoms with Gasteiger partial charge >= 0.3 is 0 Å². The Hall–Kier alpha value is -3.82. The molecule has 0 saturated heterocycles. The van der Waals surface area contributed by atoms with E-state index in [-0.39, 0.29) is 32.7 Å². The van der Waals surface area contributed by atoms with Gasteiger partial charge in [-0.3, -0.25) is 9.40 Å². The van der Waals surface area contributed by atoms with Crippen LogP contribution in [0, 0.1) is 17.1 Å². The number of nitrogens with zero attached hydrogens (tertiary/aromatic N) is 5. The number of halogens is 1. The predicted molar refractivity (Wildman–Crippen MR) is 125 cm³/mol. The summed E-state index contributed by atoms with van der Waals surface area (Å²) >= 11 is 0.880. The highest BCUT2D eigenvalue weighted by molar-refractivity contribution is 7.93. The third-order valence-electron chi connectivity index (χ3n) is 4.69. The van der Waals surface area contributed by atoms with E-state index in [9.17, 15) is 18.1 Å². The van der Waals surface area contributed by atoms with E-state index in [1.165, 1.54) is 36.7 Å². The predicted octanol–water partition coefficient (Wildman–Crippen LogP) is 4.76. The monoisotopic (exact) mass is 498 g/mol. The Morgan fingerprint density at radius 1 is 1.18 bits per heavy atom. The molecule has 0 atom stereocenters. The van der Waals surface area contributed by atoms with Crippen molar-refractivity contribution in [2.45, 2.75) is 31.2 Å². The lowest BCUT2D eigenvalue weighted by atomic mass is 10.1. The molecular weight excluding hydrogens is 479 g/mol. The quantitative estimate of drug-likeness (QED) is 0.406. The van der Waals surface area contributed by atoms with Gasteiger partial charge in [0.2, 0.25) is 5.13 Å². The molecule has 1 N–H and O–H groups in total. The first-order chi connectivity index (χ1) is 16.1. The number of aromatic nitrogens is 4. The Morgan fingerprint density at radius 2 is 1.97 bits per heavy atom. The van der Waals surface area contributed by atoms with Crippen molar-refractivity contribution in [3.8, 4) is 28.8 Å². The molecule has 0 radical (unpaired) electrons. The van der Waals surface area contributed by atoms with E-state index in [1.807, 2.05) is 26.8 Å². The van der Waals surface area contributed by atoms with Crippen molar-refractivity contribution in [2.24, 2.45) is 0 Å². The topological polar surface area (TPSA) is 123 Å². The molecule has 0 spiro atoms. The maximum absolute atomic E-state index is 15.0. The minimum Gasteiger partial charge on any atom is -0.455 e. The van der Waals surface area contributed by atoms with Crippen molar-refractivity contribution < 1.29 is 17.5 Å². The van der Waals surface area contributed by atoms with Crippen LogP contribution < -0.4 is 9.46 Å². The first-order valence-corrected chi connectivity index (χ1v) is 12.2. The number of anilines is 1. The normalized spacial score (nSPS) is 11.7. The number of hydrogen-bond acceptors (Lipinski definition) is 8. The molecule has 0 unspecified atom stereocenters. The zero-order chi connectivity index (χ0) is 24.5. The molecule has 2 aromatic heterocycles. The Morgan fingerprint density at radius 3 is 2.65 bits per heavy atom. The van der Waals surface area contributed by atoms with Gasteiger partial charge in [-0.25, -0.2) is 17.8 Å². The fourth-order valence-electron chi connectivity index (χ4n) is 3.23. The van der Waals surface area contributed by atoms with Crippen LogP contribution in [0.15, 0.2) is 59.9 Å². The molecule has 0 aliphatic rings. The number of nitrogens with one attached hydrogen (secondary N) is 1. The van der Waals surface area contributed by atoms with Gasteiger partial charge in [-0.15, -0.1) is 0 Å². The van der Waals surface area contributed by atoms with Gasteiger partial charge in [0.05, 0.1) is 27.3 Å². The summed E-state index contributed by atoms with van der Waals surface area (Å²) in [6.45, 7) is 5.81. The zero-order valence-corrected chi connectivity index (χ0v) is 20.0. The largest absolute Gasteiger partial charge is 0.455 e. The number of sulfonamides is 1.